The van der Waals surface area contributed by atoms with Gasteiger partial charge in [0.1, 0.15) is 49.1 Å². The second-order valence-corrected chi connectivity index (χ2v) is 28.7. The standard InChI is InChI=1S/C37H55N9O22P4S4/c1-17(2)65-70(54,74)59-13-23-21(10-26(63-23)46-16-39-27-30(46)40-35(38)41-33(27)50)67-71(55,75)60-14-22-20(9-25(62-22)44-11-18(3)31(48)42-36(44)51)66-72(56,76)61-15-24-28(68-69(53,73)58-8-6-7-47)29(57-5)34(64-24)45-12-19(4)32(49)43-37(45)52/h11-12,16-17,20-26,28-29,34,47H,6-10,13-15H2,1-5H3,(H,53,73)(H,54,74)(H,55,75)(H,56,76)(H,42,48,51)(H,43,49,52)(H3,38,40,41,50)/t20-,21-,22-,23-,24-,25-,26-,28+,29?,34-,69?,70?,71?,72?/m1/s1. The van der Waals surface area contributed by atoms with E-state index in [9.17, 15) is 48.3 Å². The van der Waals surface area contributed by atoms with E-state index < -0.39 is 142 Å². The molecular formula is C37H55N9O22P4S4. The van der Waals surface area contributed by atoms with Gasteiger partial charge in [-0.25, -0.2) is 19.1 Å². The predicted molar refractivity (Wildman–Crippen MR) is 279 cm³/mol. The number of aromatic nitrogens is 8. The summed E-state index contributed by atoms with van der Waals surface area (Å²) < 4.78 is 87.5. The Morgan fingerprint density at radius 1 is 0.763 bits per heavy atom. The van der Waals surface area contributed by atoms with Gasteiger partial charge < -0.3 is 67.1 Å². The average molecular weight is 1230 g/mol. The molecule has 3 aliphatic heterocycles. The van der Waals surface area contributed by atoms with Crippen molar-refractivity contribution in [2.75, 3.05) is 45.9 Å². The molecule has 0 bridgehead atoms. The maximum atomic E-state index is 14.3. The lowest BCUT2D eigenvalue weighted by molar-refractivity contribution is -0.0626. The molecule has 0 aromatic carbocycles. The van der Waals surface area contributed by atoms with Crippen molar-refractivity contribution in [3.05, 3.63) is 81.9 Å². The molecule has 3 fully saturated rings. The number of H-pyrrole nitrogens is 3. The van der Waals surface area contributed by atoms with Crippen LogP contribution in [-0.4, -0.2) is 147 Å². The maximum Gasteiger partial charge on any atom is 0.386 e. The van der Waals surface area contributed by atoms with E-state index in [-0.39, 0.29) is 60.7 Å². The fourth-order valence-electron chi connectivity index (χ4n) is 8.07. The van der Waals surface area contributed by atoms with Gasteiger partial charge in [0.2, 0.25) is 5.95 Å². The van der Waals surface area contributed by atoms with Crippen LogP contribution in [0.4, 0.5) is 5.95 Å². The number of methoxy groups -OCH3 is 1. The molecule has 4 aromatic heterocycles. The topological polar surface area (TPSA) is 408 Å². The first-order valence-electron chi connectivity index (χ1n) is 22.7. The number of aromatic amines is 3. The van der Waals surface area contributed by atoms with Crippen LogP contribution < -0.4 is 33.8 Å². The van der Waals surface area contributed by atoms with E-state index in [1.54, 1.807) is 13.8 Å². The molecule has 14 atom stereocenters. The number of ether oxygens (including phenoxy) is 4. The molecule has 76 heavy (non-hydrogen) atoms. The fraction of sp³-hybridized carbons (Fsp3) is 0.649. The molecule has 424 valence electrons. The number of fused-ring (bicyclic) bond motifs is 1. The van der Waals surface area contributed by atoms with Crippen molar-refractivity contribution in [1.29, 1.82) is 0 Å². The molecular weight excluding hydrogens is 1170 g/mol. The largest absolute Gasteiger partial charge is 0.396 e. The van der Waals surface area contributed by atoms with Crippen LogP contribution in [0.3, 0.4) is 0 Å². The van der Waals surface area contributed by atoms with Gasteiger partial charge in [0.25, 0.3) is 16.7 Å². The SMILES string of the molecule is COC1[C@@H](OP(O)(=S)OCCCO)[C@@H](COP(=O)(S)O[C@@H]2C[C@H](n3cc(C)c(=O)[nH]c3=O)O[C@@H]2COP(O)(=S)O[C@@H]2C[C@H](n3cnc4c(=O)[nH]c(N)nc43)O[C@@H]2COP(O)(=S)OC(C)C)O[C@H]1n1cc(C)c(=O)[nH]c1=O. The van der Waals surface area contributed by atoms with E-state index >= 15 is 0 Å². The first-order chi connectivity index (χ1) is 35.6. The smallest absolute Gasteiger partial charge is 0.386 e. The second kappa shape index (κ2) is 25.0. The Hall–Kier alpha value is -2.60. The third-order valence-electron chi connectivity index (χ3n) is 11.5. The number of nitrogens with zero attached hydrogens (tertiary/aromatic N) is 5. The molecule has 7 rings (SSSR count). The maximum absolute atomic E-state index is 14.3. The van der Waals surface area contributed by atoms with Gasteiger partial charge in [-0.3, -0.25) is 56.6 Å². The van der Waals surface area contributed by atoms with Crippen LogP contribution in [0.2, 0.25) is 0 Å². The molecule has 4 aromatic rings. The molecule has 0 saturated carbocycles. The van der Waals surface area contributed by atoms with Crippen LogP contribution in [0.15, 0.2) is 42.7 Å². The van der Waals surface area contributed by atoms with Crippen molar-refractivity contribution >= 4 is 91.7 Å². The van der Waals surface area contributed by atoms with Crippen molar-refractivity contribution in [3.8, 4) is 0 Å². The summed E-state index contributed by atoms with van der Waals surface area (Å²) in [5.41, 5.74) is 2.23. The van der Waals surface area contributed by atoms with Gasteiger partial charge in [0.05, 0.1) is 45.0 Å². The summed E-state index contributed by atoms with van der Waals surface area (Å²) in [6, 6.07) is 0. The molecule has 0 aliphatic carbocycles. The Morgan fingerprint density at radius 3 is 1.92 bits per heavy atom. The van der Waals surface area contributed by atoms with Crippen LogP contribution in [0.25, 0.3) is 11.2 Å². The lowest BCUT2D eigenvalue weighted by atomic mass is 10.1. The summed E-state index contributed by atoms with van der Waals surface area (Å²) in [6.07, 6.45) is -10.00. The Labute approximate surface area is 450 Å². The molecule has 0 amide bonds. The summed E-state index contributed by atoms with van der Waals surface area (Å²) in [5.74, 6) is -0.214. The number of aliphatic hydroxyl groups is 1. The van der Waals surface area contributed by atoms with Crippen molar-refractivity contribution in [1.82, 2.24) is 38.6 Å². The highest BCUT2D eigenvalue weighted by Gasteiger charge is 2.51. The van der Waals surface area contributed by atoms with Gasteiger partial charge in [-0.1, -0.05) is 12.2 Å². The van der Waals surface area contributed by atoms with Gasteiger partial charge in [-0.15, -0.1) is 0 Å². The summed E-state index contributed by atoms with van der Waals surface area (Å²) in [7, 11) is 1.23. The minimum Gasteiger partial charge on any atom is -0.396 e. The summed E-state index contributed by atoms with van der Waals surface area (Å²) in [6.45, 7) is -13.3. The summed E-state index contributed by atoms with van der Waals surface area (Å²) in [4.78, 5) is 112. The van der Waals surface area contributed by atoms with Gasteiger partial charge in [-0.2, -0.15) is 4.98 Å². The number of rotatable bonds is 25. The molecule has 0 radical (unpaired) electrons. The van der Waals surface area contributed by atoms with E-state index in [4.69, 9.17) is 96.3 Å². The zero-order valence-electron chi connectivity index (χ0n) is 40.7. The number of nitrogens with one attached hydrogen (secondary N) is 3. The zero-order valence-corrected chi connectivity index (χ0v) is 47.6. The number of hydrogen-bond donors (Lipinski definition) is 9. The highest BCUT2D eigenvalue weighted by molar-refractivity contribution is 8.44. The van der Waals surface area contributed by atoms with Gasteiger partial charge >= 0.3 is 38.3 Å². The molecule has 3 saturated heterocycles. The number of imidazole rings is 1. The Balaban J connectivity index is 1.11. The predicted octanol–water partition coefficient (Wildman–Crippen LogP) is 0.624. The molecule has 9 N–H and O–H groups in total. The average Bonchev–Trinajstić information content (AvgIpc) is 4.11. The van der Waals surface area contributed by atoms with Gasteiger partial charge in [-0.05, 0) is 69.5 Å². The number of thiol groups is 1. The van der Waals surface area contributed by atoms with Gasteiger partial charge in [0, 0.05) is 50.1 Å². The van der Waals surface area contributed by atoms with Gasteiger partial charge in [0.15, 0.2) is 17.4 Å². The third-order valence-corrected chi connectivity index (χ3v) is 18.0. The molecule has 39 heteroatoms. The summed E-state index contributed by atoms with van der Waals surface area (Å²) in [5, 5.41) is 9.24. The Bertz CT molecular complexity index is 3250. The molecule has 7 heterocycles. The quantitative estimate of drug-likeness (QED) is 0.0249. The highest BCUT2D eigenvalue weighted by atomic mass is 32.7. The van der Waals surface area contributed by atoms with Crippen molar-refractivity contribution in [2.45, 2.75) is 114 Å². The molecule has 3 aliphatic rings. The Kier molecular flexibility index (Phi) is 20.1. The van der Waals surface area contributed by atoms with Crippen LogP contribution >= 0.6 is 39.2 Å². The second-order valence-electron chi connectivity index (χ2n) is 17.4. The molecule has 0 spiro atoms. The van der Waals surface area contributed by atoms with E-state index in [0.29, 0.717) is 0 Å². The number of aryl methyl sites for hydroxylation is 2. The lowest BCUT2D eigenvalue weighted by Crippen LogP contribution is -2.40. The van der Waals surface area contributed by atoms with Crippen LogP contribution in [-0.2, 0) is 95.1 Å². The van der Waals surface area contributed by atoms with Crippen molar-refractivity contribution in [3.63, 3.8) is 0 Å². The minimum atomic E-state index is -4.64. The van der Waals surface area contributed by atoms with E-state index in [1.165, 1.54) is 44.2 Å². The normalized spacial score (nSPS) is 28.1. The zero-order chi connectivity index (χ0) is 55.7. The van der Waals surface area contributed by atoms with Crippen molar-refractivity contribution < 1.29 is 79.5 Å². The summed E-state index contributed by atoms with van der Waals surface area (Å²) >= 11 is 20.0. The number of hydrogen-bond acceptors (Lipinski definition) is 25. The number of nitrogen functional groups attached to an aromatic ring is 1. The van der Waals surface area contributed by atoms with E-state index in [0.717, 1.165) is 9.13 Å². The highest BCUT2D eigenvalue weighted by Crippen LogP contribution is 2.58. The molecule has 5 unspecified atom stereocenters. The van der Waals surface area contributed by atoms with Crippen molar-refractivity contribution in [2.24, 2.45) is 0 Å². The minimum absolute atomic E-state index is 0.0396. The fourth-order valence-corrected chi connectivity index (χ4v) is 14.2. The lowest BCUT2D eigenvalue weighted by Gasteiger charge is -2.28. The van der Waals surface area contributed by atoms with Crippen LogP contribution in [0.5, 0.6) is 0 Å². The third kappa shape index (κ3) is 15.2. The van der Waals surface area contributed by atoms with Crippen LogP contribution in [0, 0.1) is 13.8 Å². The number of nitrogens with two attached hydrogens (primary N) is 1. The van der Waals surface area contributed by atoms with Crippen LogP contribution in [0.1, 0.15) is 62.9 Å². The number of anilines is 1. The van der Waals surface area contributed by atoms with E-state index in [1.807, 2.05) is 0 Å². The monoisotopic (exact) mass is 1230 g/mol. The first-order valence-corrected chi connectivity index (χ1v) is 33.1. The first kappa shape index (κ1) is 61.0. The number of aliphatic hydroxyl groups excluding tert-OH is 1. The Morgan fingerprint density at radius 2 is 1.32 bits per heavy atom. The molecule has 31 nitrogen and oxygen atoms in total. The van der Waals surface area contributed by atoms with E-state index in [2.05, 4.69) is 37.2 Å².